The van der Waals surface area contributed by atoms with Crippen LogP contribution in [0.3, 0.4) is 0 Å². The third kappa shape index (κ3) is 3.34. The summed E-state index contributed by atoms with van der Waals surface area (Å²) in [7, 11) is 0. The average molecular weight is 570 g/mol. The van der Waals surface area contributed by atoms with Crippen molar-refractivity contribution in [3.63, 3.8) is 0 Å². The first-order chi connectivity index (χ1) is 20.2. The molecule has 1 saturated heterocycles. The molecule has 6 nitrogen and oxygen atoms in total. The van der Waals surface area contributed by atoms with Crippen LogP contribution < -0.4 is 0 Å². The minimum absolute atomic E-state index is 0.00627. The molecule has 2 bridgehead atoms. The van der Waals surface area contributed by atoms with Crippen LogP contribution in [0.15, 0.2) is 59.1 Å². The molecule has 2 N–H and O–H groups in total. The molecule has 4 fully saturated rings. The predicted octanol–water partition coefficient (Wildman–Crippen LogP) is 5.23. The van der Waals surface area contributed by atoms with Crippen LogP contribution >= 0.6 is 0 Å². The zero-order valence-electron chi connectivity index (χ0n) is 25.4. The summed E-state index contributed by atoms with van der Waals surface area (Å²) in [4.78, 5) is 24.3. The molecule has 8 atom stereocenters. The number of rotatable bonds is 4. The fourth-order valence-electron chi connectivity index (χ4n) is 11.5. The maximum Gasteiger partial charge on any atom is 0.196 e. The summed E-state index contributed by atoms with van der Waals surface area (Å²) in [5.41, 5.74) is -0.179. The fraction of sp³-hybridized carbons (Fsp3) is 0.667. The third-order valence-corrected chi connectivity index (χ3v) is 13.7. The molecule has 6 aliphatic carbocycles. The first-order valence-corrected chi connectivity index (χ1v) is 16.6. The zero-order valence-corrected chi connectivity index (χ0v) is 25.4. The van der Waals surface area contributed by atoms with Gasteiger partial charge in [-0.25, -0.2) is 0 Å². The van der Waals surface area contributed by atoms with Crippen LogP contribution in [0, 0.1) is 33.5 Å². The van der Waals surface area contributed by atoms with Crippen molar-refractivity contribution in [3.8, 4) is 0 Å². The number of nitrogens with zero attached hydrogens (tertiary/aromatic N) is 3. The molecule has 6 heteroatoms. The zero-order chi connectivity index (χ0) is 29.0. The summed E-state index contributed by atoms with van der Waals surface area (Å²) in [6.07, 6.45) is 15.2. The molecule has 42 heavy (non-hydrogen) atoms. The first kappa shape index (κ1) is 27.1. The van der Waals surface area contributed by atoms with E-state index in [1.807, 2.05) is 30.3 Å². The molecule has 0 amide bonds. The van der Waals surface area contributed by atoms with Crippen LogP contribution in [-0.4, -0.2) is 76.2 Å². The second-order valence-corrected chi connectivity index (χ2v) is 15.3. The Morgan fingerprint density at radius 1 is 0.952 bits per heavy atom. The first-order valence-electron chi connectivity index (χ1n) is 16.6. The van der Waals surface area contributed by atoms with Gasteiger partial charge in [-0.05, 0) is 75.0 Å². The maximum absolute atomic E-state index is 14.6. The van der Waals surface area contributed by atoms with Crippen molar-refractivity contribution < 1.29 is 15.0 Å². The molecular formula is C36H47N3O3. The number of aliphatic hydroxyl groups is 2. The number of carbonyl (C=O) groups excluding carboxylic acids is 1. The minimum atomic E-state index is -0.843. The van der Waals surface area contributed by atoms with E-state index in [-0.39, 0.29) is 34.1 Å². The number of aliphatic hydroxyl groups excluding tert-OH is 1. The number of carbonyl (C=O) groups is 1. The van der Waals surface area contributed by atoms with E-state index in [1.54, 1.807) is 0 Å². The summed E-state index contributed by atoms with van der Waals surface area (Å²) in [6, 6.07) is 9.80. The van der Waals surface area contributed by atoms with E-state index in [0.29, 0.717) is 18.9 Å². The quantitative estimate of drug-likeness (QED) is 0.384. The van der Waals surface area contributed by atoms with E-state index in [9.17, 15) is 15.0 Å². The van der Waals surface area contributed by atoms with Gasteiger partial charge in [-0.2, -0.15) is 0 Å². The lowest BCUT2D eigenvalue weighted by Crippen LogP contribution is -2.68. The van der Waals surface area contributed by atoms with Gasteiger partial charge < -0.3 is 20.0 Å². The van der Waals surface area contributed by atoms with Crippen molar-refractivity contribution in [1.29, 1.82) is 0 Å². The molecule has 8 aliphatic rings. The summed E-state index contributed by atoms with van der Waals surface area (Å²) in [5.74, 6) is 1.73. The van der Waals surface area contributed by atoms with Crippen molar-refractivity contribution in [3.05, 3.63) is 59.7 Å². The second-order valence-electron chi connectivity index (χ2n) is 15.3. The number of guanidine groups is 1. The highest BCUT2D eigenvalue weighted by Crippen LogP contribution is 2.78. The van der Waals surface area contributed by atoms with Crippen LogP contribution in [0.1, 0.15) is 82.0 Å². The monoisotopic (exact) mass is 569 g/mol. The molecule has 3 saturated carbocycles. The number of hydrogen-bond acceptors (Lipinski definition) is 6. The number of allylic oxidation sites excluding steroid dienone is 4. The van der Waals surface area contributed by atoms with E-state index in [0.717, 1.165) is 94.6 Å². The van der Waals surface area contributed by atoms with E-state index in [4.69, 9.17) is 4.99 Å². The van der Waals surface area contributed by atoms with Gasteiger partial charge in [0.1, 0.15) is 0 Å². The van der Waals surface area contributed by atoms with Gasteiger partial charge in [0.25, 0.3) is 0 Å². The molecule has 1 aromatic rings. The van der Waals surface area contributed by atoms with Gasteiger partial charge in [0, 0.05) is 53.6 Å². The highest BCUT2D eigenvalue weighted by atomic mass is 16.3. The number of benzene rings is 1. The van der Waals surface area contributed by atoms with Gasteiger partial charge in [-0.15, -0.1) is 0 Å². The maximum atomic E-state index is 14.6. The van der Waals surface area contributed by atoms with Gasteiger partial charge in [-0.3, -0.25) is 9.79 Å². The van der Waals surface area contributed by atoms with Crippen LogP contribution in [0.4, 0.5) is 0 Å². The summed E-state index contributed by atoms with van der Waals surface area (Å²) in [6.45, 7) is 9.38. The molecule has 1 unspecified atom stereocenters. The number of aliphatic imine (C=N–C) groups is 1. The Bertz CT molecular complexity index is 1390. The van der Waals surface area contributed by atoms with Crippen LogP contribution in [0.5, 0.6) is 0 Å². The van der Waals surface area contributed by atoms with E-state index >= 15 is 0 Å². The molecule has 2 aliphatic heterocycles. The van der Waals surface area contributed by atoms with Crippen LogP contribution in [-0.2, 0) is 0 Å². The topological polar surface area (TPSA) is 76.4 Å². The van der Waals surface area contributed by atoms with Gasteiger partial charge in [0.2, 0.25) is 0 Å². The number of fused-ring (bicyclic) bond motifs is 2. The normalized spacial score (nSPS) is 45.4. The number of hydrogen-bond donors (Lipinski definition) is 2. The standard InChI is InChI=1S/C36H47N3O3/c1-32-13-10-26(40)22-34(32)16-17-36(27(23-34)30(41)25-8-4-3-5-9-25)28(32)11-14-33(2)29(36)12-15-35(33,42)24-39-21-7-20-38-19-6-18-37-31(38)39/h3-5,8-9,16-17,23,26,28-29,40,42H,6-7,10-15,18-22,24H2,1-2H3/t26?,28-,29-,32-,33+,34+,35-,36-/m1/s1. The Hall–Kier alpha value is -2.44. The average Bonchev–Trinajstić information content (AvgIpc) is 3.27. The molecule has 224 valence electrons. The third-order valence-electron chi connectivity index (χ3n) is 13.7. The highest BCUT2D eigenvalue weighted by Gasteiger charge is 2.74. The van der Waals surface area contributed by atoms with E-state index in [1.165, 1.54) is 0 Å². The van der Waals surface area contributed by atoms with E-state index < -0.39 is 11.0 Å². The lowest BCUT2D eigenvalue weighted by atomic mass is 9.32. The molecule has 1 aromatic carbocycles. The number of ketones is 1. The van der Waals surface area contributed by atoms with Crippen LogP contribution in [0.25, 0.3) is 0 Å². The molecule has 2 spiro atoms. The SMILES string of the molecule is C[C@]12CC[C@H]3[C@]4(C=C[C@@]5(C=C4C(=O)c4ccccc4)CC(O)CC[C@]35C)[C@@H]1CC[C@@]2(O)CN1CCCN2CCCN=C21. The van der Waals surface area contributed by atoms with Crippen LogP contribution in [0.2, 0.25) is 0 Å². The summed E-state index contributed by atoms with van der Waals surface area (Å²) < 4.78 is 0. The second kappa shape index (κ2) is 9.04. The van der Waals surface area contributed by atoms with Crippen molar-refractivity contribution in [2.75, 3.05) is 32.7 Å². The fourth-order valence-corrected chi connectivity index (χ4v) is 11.5. The number of β-amino-alcohol motifs (C(OH)–C–C–N with tert-alkyl or cyclic N) is 1. The Kier molecular flexibility index (Phi) is 5.84. The van der Waals surface area contributed by atoms with Crippen molar-refractivity contribution >= 4 is 11.7 Å². The van der Waals surface area contributed by atoms with Gasteiger partial charge >= 0.3 is 0 Å². The molecule has 0 aromatic heterocycles. The summed E-state index contributed by atoms with van der Waals surface area (Å²) in [5, 5.41) is 23.7. The summed E-state index contributed by atoms with van der Waals surface area (Å²) >= 11 is 0. The van der Waals surface area contributed by atoms with Crippen molar-refractivity contribution in [1.82, 2.24) is 9.80 Å². The molecule has 9 rings (SSSR count). The van der Waals surface area contributed by atoms with Crippen molar-refractivity contribution in [2.45, 2.75) is 83.3 Å². The van der Waals surface area contributed by atoms with Crippen molar-refractivity contribution in [2.24, 2.45) is 38.5 Å². The van der Waals surface area contributed by atoms with Gasteiger partial charge in [0.15, 0.2) is 11.7 Å². The molecule has 2 heterocycles. The Morgan fingerprint density at radius 2 is 1.69 bits per heavy atom. The smallest absolute Gasteiger partial charge is 0.196 e. The molecular weight excluding hydrogens is 522 g/mol. The predicted molar refractivity (Wildman–Crippen MR) is 164 cm³/mol. The minimum Gasteiger partial charge on any atom is -0.393 e. The van der Waals surface area contributed by atoms with Gasteiger partial charge in [-0.1, -0.05) is 62.4 Å². The highest BCUT2D eigenvalue weighted by molar-refractivity contribution is 6.10. The lowest BCUT2D eigenvalue weighted by molar-refractivity contribution is -0.174. The number of Topliss-reactive ketones (excluding diaryl/α,β-unsaturated/α-hetero) is 1. The largest absolute Gasteiger partial charge is 0.393 e. The van der Waals surface area contributed by atoms with Gasteiger partial charge in [0.05, 0.1) is 18.2 Å². The van der Waals surface area contributed by atoms with E-state index in [2.05, 4.69) is 41.9 Å². The Balaban J connectivity index is 1.23. The Labute approximate surface area is 250 Å². The molecule has 0 radical (unpaired) electrons. The Morgan fingerprint density at radius 3 is 2.52 bits per heavy atom. The lowest BCUT2D eigenvalue weighted by Gasteiger charge is -2.71.